The third-order valence-electron chi connectivity index (χ3n) is 5.99. The third-order valence-corrected chi connectivity index (χ3v) is 5.99. The van der Waals surface area contributed by atoms with Crippen molar-refractivity contribution in [1.29, 1.82) is 0 Å². The quantitative estimate of drug-likeness (QED) is 0.352. The number of nitrogens with one attached hydrogen (secondary N) is 1. The SMILES string of the molecule is Cc1c(/C=C2/C(=O)NN(c3ccccc3)C2=O)c2ccccc2n1Cc1cccc(C(=O)O)c1. The van der Waals surface area contributed by atoms with Gasteiger partial charge in [0.25, 0.3) is 11.8 Å². The molecule has 1 aliphatic rings. The van der Waals surface area contributed by atoms with Crippen molar-refractivity contribution in [3.8, 4) is 0 Å². The summed E-state index contributed by atoms with van der Waals surface area (Å²) >= 11 is 0. The minimum atomic E-state index is -0.977. The third kappa shape index (κ3) is 3.63. The number of carboxylic acid groups (broad SMARTS) is 1. The Kier molecular flexibility index (Phi) is 5.22. The lowest BCUT2D eigenvalue weighted by molar-refractivity contribution is -0.117. The number of amides is 2. The number of hydrogen-bond acceptors (Lipinski definition) is 3. The fraction of sp³-hybridized carbons (Fsp3) is 0.0741. The van der Waals surface area contributed by atoms with E-state index >= 15 is 0 Å². The lowest BCUT2D eigenvalue weighted by Crippen LogP contribution is -2.35. The molecule has 3 aromatic carbocycles. The zero-order valence-electron chi connectivity index (χ0n) is 18.4. The molecule has 7 nitrogen and oxygen atoms in total. The predicted octanol–water partition coefficient (Wildman–Crippen LogP) is 4.16. The van der Waals surface area contributed by atoms with E-state index in [1.165, 1.54) is 5.01 Å². The number of carbonyl (C=O) groups excluding carboxylic acids is 2. The molecule has 34 heavy (non-hydrogen) atoms. The number of hydrazine groups is 1. The highest BCUT2D eigenvalue weighted by molar-refractivity contribution is 6.32. The van der Waals surface area contributed by atoms with Crippen LogP contribution in [-0.2, 0) is 16.1 Å². The Balaban J connectivity index is 1.58. The van der Waals surface area contributed by atoms with Crippen LogP contribution in [0.2, 0.25) is 0 Å². The molecule has 168 valence electrons. The van der Waals surface area contributed by atoms with Crippen molar-refractivity contribution in [2.45, 2.75) is 13.5 Å². The van der Waals surface area contributed by atoms with Gasteiger partial charge in [-0.1, -0.05) is 48.5 Å². The summed E-state index contributed by atoms with van der Waals surface area (Å²) < 4.78 is 2.06. The van der Waals surface area contributed by atoms with Gasteiger partial charge >= 0.3 is 5.97 Å². The Bertz CT molecular complexity index is 1480. The first kappa shape index (κ1) is 21.2. The molecule has 5 rings (SSSR count). The topological polar surface area (TPSA) is 91.6 Å². The molecule has 0 atom stereocenters. The number of benzene rings is 3. The molecule has 1 fully saturated rings. The van der Waals surface area contributed by atoms with E-state index in [0.717, 1.165) is 27.7 Å². The lowest BCUT2D eigenvalue weighted by Gasteiger charge is -2.13. The Labute approximate surface area is 195 Å². The van der Waals surface area contributed by atoms with E-state index in [2.05, 4.69) is 9.99 Å². The van der Waals surface area contributed by atoms with Crippen molar-refractivity contribution in [3.05, 3.63) is 107 Å². The summed E-state index contributed by atoms with van der Waals surface area (Å²) in [6, 6.07) is 23.5. The largest absolute Gasteiger partial charge is 0.478 e. The number of aromatic nitrogens is 1. The Morgan fingerprint density at radius 2 is 1.71 bits per heavy atom. The highest BCUT2D eigenvalue weighted by Crippen LogP contribution is 2.30. The summed E-state index contributed by atoms with van der Waals surface area (Å²) in [7, 11) is 0. The van der Waals surface area contributed by atoms with Crippen LogP contribution < -0.4 is 10.4 Å². The zero-order chi connectivity index (χ0) is 23.8. The summed E-state index contributed by atoms with van der Waals surface area (Å²) in [6.45, 7) is 2.38. The van der Waals surface area contributed by atoms with Crippen LogP contribution in [0.3, 0.4) is 0 Å². The average Bonchev–Trinajstić information content (AvgIpc) is 3.28. The molecule has 0 radical (unpaired) electrons. The van der Waals surface area contributed by atoms with Gasteiger partial charge in [-0.3, -0.25) is 15.0 Å². The normalized spacial score (nSPS) is 14.7. The van der Waals surface area contributed by atoms with Gasteiger partial charge in [-0.2, -0.15) is 0 Å². The van der Waals surface area contributed by atoms with Crippen LogP contribution in [0.1, 0.15) is 27.2 Å². The maximum Gasteiger partial charge on any atom is 0.335 e. The molecular weight excluding hydrogens is 430 g/mol. The molecule has 2 amide bonds. The van der Waals surface area contributed by atoms with E-state index in [-0.39, 0.29) is 11.1 Å². The maximum atomic E-state index is 13.1. The van der Waals surface area contributed by atoms with Gasteiger partial charge in [0.2, 0.25) is 0 Å². The number of hydrogen-bond donors (Lipinski definition) is 2. The van der Waals surface area contributed by atoms with Crippen molar-refractivity contribution in [1.82, 2.24) is 9.99 Å². The smallest absolute Gasteiger partial charge is 0.335 e. The van der Waals surface area contributed by atoms with Crippen molar-refractivity contribution in [2.24, 2.45) is 0 Å². The van der Waals surface area contributed by atoms with E-state index in [1.54, 1.807) is 48.5 Å². The zero-order valence-corrected chi connectivity index (χ0v) is 18.4. The van der Waals surface area contributed by atoms with Crippen molar-refractivity contribution in [3.63, 3.8) is 0 Å². The molecule has 1 saturated heterocycles. The summed E-state index contributed by atoms with van der Waals surface area (Å²) in [4.78, 5) is 37.2. The van der Waals surface area contributed by atoms with Crippen LogP contribution in [0.4, 0.5) is 5.69 Å². The predicted molar refractivity (Wildman–Crippen MR) is 129 cm³/mol. The molecule has 0 aliphatic carbocycles. The fourth-order valence-corrected chi connectivity index (χ4v) is 4.29. The minimum Gasteiger partial charge on any atom is -0.478 e. The highest BCUT2D eigenvalue weighted by Gasteiger charge is 2.34. The second-order valence-corrected chi connectivity index (χ2v) is 8.08. The van der Waals surface area contributed by atoms with Gasteiger partial charge in [0.1, 0.15) is 5.57 Å². The monoisotopic (exact) mass is 451 g/mol. The van der Waals surface area contributed by atoms with E-state index in [0.29, 0.717) is 12.2 Å². The first-order valence-corrected chi connectivity index (χ1v) is 10.8. The number of fused-ring (bicyclic) bond motifs is 1. The van der Waals surface area contributed by atoms with Crippen LogP contribution in [0, 0.1) is 6.92 Å². The molecule has 0 unspecified atom stereocenters. The molecular formula is C27H21N3O4. The number of para-hydroxylation sites is 2. The van der Waals surface area contributed by atoms with Gasteiger partial charge in [-0.05, 0) is 48.9 Å². The second kappa shape index (κ2) is 8.37. The van der Waals surface area contributed by atoms with Gasteiger partial charge in [0, 0.05) is 28.7 Å². The number of aromatic carboxylic acids is 1. The summed E-state index contributed by atoms with van der Waals surface area (Å²) in [5.74, 6) is -1.85. The van der Waals surface area contributed by atoms with Crippen LogP contribution in [-0.4, -0.2) is 27.5 Å². The number of anilines is 1. The van der Waals surface area contributed by atoms with Gasteiger partial charge in [0.05, 0.1) is 11.3 Å². The number of nitrogens with zero attached hydrogens (tertiary/aromatic N) is 2. The molecule has 2 heterocycles. The van der Waals surface area contributed by atoms with E-state index < -0.39 is 17.8 Å². The number of carboxylic acids is 1. The first-order chi connectivity index (χ1) is 16.4. The van der Waals surface area contributed by atoms with Crippen molar-refractivity contribution < 1.29 is 19.5 Å². The Morgan fingerprint density at radius 1 is 0.971 bits per heavy atom. The first-order valence-electron chi connectivity index (χ1n) is 10.8. The van der Waals surface area contributed by atoms with Crippen LogP contribution in [0.15, 0.2) is 84.4 Å². The molecule has 1 aliphatic heterocycles. The maximum absolute atomic E-state index is 13.1. The van der Waals surface area contributed by atoms with Gasteiger partial charge in [-0.15, -0.1) is 0 Å². The Hall–Kier alpha value is -4.65. The van der Waals surface area contributed by atoms with Gasteiger partial charge < -0.3 is 9.67 Å². The second-order valence-electron chi connectivity index (χ2n) is 8.08. The molecule has 0 saturated carbocycles. The average molecular weight is 451 g/mol. The molecule has 0 spiro atoms. The van der Waals surface area contributed by atoms with Crippen molar-refractivity contribution >= 4 is 40.4 Å². The van der Waals surface area contributed by atoms with E-state index in [9.17, 15) is 19.5 Å². The van der Waals surface area contributed by atoms with Gasteiger partial charge in [0.15, 0.2) is 0 Å². The minimum absolute atomic E-state index is 0.0581. The number of rotatable bonds is 5. The molecule has 7 heteroatoms. The molecule has 4 aromatic rings. The Morgan fingerprint density at radius 3 is 2.47 bits per heavy atom. The lowest BCUT2D eigenvalue weighted by atomic mass is 10.1. The highest BCUT2D eigenvalue weighted by atomic mass is 16.4. The summed E-state index contributed by atoms with van der Waals surface area (Å²) in [5, 5.41) is 11.5. The van der Waals surface area contributed by atoms with E-state index in [1.807, 2.05) is 43.3 Å². The van der Waals surface area contributed by atoms with Gasteiger partial charge in [-0.25, -0.2) is 9.80 Å². The molecule has 1 aromatic heterocycles. The van der Waals surface area contributed by atoms with Crippen LogP contribution in [0.5, 0.6) is 0 Å². The fourth-order valence-electron chi connectivity index (χ4n) is 4.29. The standard InChI is InChI=1S/C27H21N3O4/c1-17-22(15-23-25(31)28-30(26(23)32)20-10-3-2-4-11-20)21-12-5-6-13-24(21)29(17)16-18-8-7-9-19(14-18)27(33)34/h2-15H,16H2,1H3,(H,28,31)(H,33,34)/b23-15-. The van der Waals surface area contributed by atoms with Crippen molar-refractivity contribution in [2.75, 3.05) is 5.01 Å². The number of carbonyl (C=O) groups is 3. The van der Waals surface area contributed by atoms with Crippen LogP contribution in [0.25, 0.3) is 17.0 Å². The molecule has 2 N–H and O–H groups in total. The van der Waals surface area contributed by atoms with Crippen LogP contribution >= 0.6 is 0 Å². The summed E-state index contributed by atoms with van der Waals surface area (Å²) in [5.41, 5.74) is 6.92. The summed E-state index contributed by atoms with van der Waals surface area (Å²) in [6.07, 6.45) is 1.64. The molecule has 0 bridgehead atoms. The van der Waals surface area contributed by atoms with E-state index in [4.69, 9.17) is 0 Å².